The van der Waals surface area contributed by atoms with Gasteiger partial charge in [0.2, 0.25) is 0 Å². The molecule has 0 bridgehead atoms. The number of hydrogen-bond acceptors (Lipinski definition) is 6. The maximum Gasteiger partial charge on any atom is 0.140 e. The van der Waals surface area contributed by atoms with Gasteiger partial charge in [-0.1, -0.05) is 5.16 Å². The third kappa shape index (κ3) is 3.37. The molecule has 2 aromatic rings. The van der Waals surface area contributed by atoms with Crippen molar-refractivity contribution in [1.29, 1.82) is 0 Å². The summed E-state index contributed by atoms with van der Waals surface area (Å²) in [5, 5.41) is 4.23. The summed E-state index contributed by atoms with van der Waals surface area (Å²) in [7, 11) is 2.13. The van der Waals surface area contributed by atoms with Gasteiger partial charge in [0.25, 0.3) is 0 Å². The zero-order chi connectivity index (χ0) is 15.6. The Balaban J connectivity index is 1.30. The number of piperidine rings is 1. The van der Waals surface area contributed by atoms with E-state index in [1.54, 1.807) is 12.5 Å². The zero-order valence-electron chi connectivity index (χ0n) is 13.6. The predicted molar refractivity (Wildman–Crippen MR) is 87.2 cm³/mol. The van der Waals surface area contributed by atoms with E-state index in [1.807, 2.05) is 6.07 Å². The van der Waals surface area contributed by atoms with Crippen LogP contribution in [0.2, 0.25) is 0 Å². The summed E-state index contributed by atoms with van der Waals surface area (Å²) in [5.74, 6) is 2.73. The van der Waals surface area contributed by atoms with E-state index < -0.39 is 0 Å². The summed E-state index contributed by atoms with van der Waals surface area (Å²) in [6.45, 7) is 3.08. The van der Waals surface area contributed by atoms with Crippen LogP contribution in [-0.2, 0) is 6.54 Å². The van der Waals surface area contributed by atoms with E-state index in [1.165, 1.54) is 12.8 Å². The van der Waals surface area contributed by atoms with Crippen LogP contribution in [0.1, 0.15) is 43.1 Å². The molecule has 23 heavy (non-hydrogen) atoms. The van der Waals surface area contributed by atoms with Crippen molar-refractivity contribution >= 4 is 5.82 Å². The molecule has 1 aliphatic heterocycles. The van der Waals surface area contributed by atoms with Crippen LogP contribution >= 0.6 is 0 Å². The van der Waals surface area contributed by atoms with Crippen LogP contribution < -0.4 is 4.90 Å². The second-order valence-electron chi connectivity index (χ2n) is 6.68. The molecule has 2 aliphatic rings. The maximum atomic E-state index is 5.45. The van der Waals surface area contributed by atoms with Crippen LogP contribution in [0.5, 0.6) is 0 Å². The molecule has 2 aromatic heterocycles. The Bertz CT molecular complexity index is 631. The smallest absolute Gasteiger partial charge is 0.140 e. The van der Waals surface area contributed by atoms with Crippen molar-refractivity contribution in [1.82, 2.24) is 20.0 Å². The highest BCUT2D eigenvalue weighted by molar-refractivity contribution is 5.36. The third-order valence-electron chi connectivity index (χ3n) is 4.98. The molecule has 0 spiro atoms. The first-order valence-electron chi connectivity index (χ1n) is 8.46. The van der Waals surface area contributed by atoms with E-state index in [4.69, 9.17) is 4.52 Å². The molecule has 0 radical (unpaired) electrons. The predicted octanol–water partition coefficient (Wildman–Crippen LogP) is 2.44. The monoisotopic (exact) mass is 313 g/mol. The van der Waals surface area contributed by atoms with Crippen molar-refractivity contribution in [2.24, 2.45) is 0 Å². The standard InChI is InChI=1S/C17H23N5O/c1-21(17-4-7-18-12-19-17)15-5-8-22(9-6-15)11-14-10-16(23-20-14)13-2-3-13/h4,7,10,12-13,15H,2-3,5-6,8-9,11H2,1H3. The molecule has 1 saturated heterocycles. The van der Waals surface area contributed by atoms with Gasteiger partial charge < -0.3 is 9.42 Å². The third-order valence-corrected chi connectivity index (χ3v) is 4.98. The van der Waals surface area contributed by atoms with Crippen LogP contribution in [0.3, 0.4) is 0 Å². The molecule has 0 atom stereocenters. The number of rotatable bonds is 5. The lowest BCUT2D eigenvalue weighted by Crippen LogP contribution is -2.43. The van der Waals surface area contributed by atoms with Gasteiger partial charge in [0.05, 0.1) is 5.69 Å². The molecule has 1 aliphatic carbocycles. The summed E-state index contributed by atoms with van der Waals surface area (Å²) in [6.07, 6.45) is 8.23. The number of aromatic nitrogens is 3. The highest BCUT2D eigenvalue weighted by Gasteiger charge is 2.28. The lowest BCUT2D eigenvalue weighted by molar-refractivity contribution is 0.198. The summed E-state index contributed by atoms with van der Waals surface area (Å²) in [4.78, 5) is 13.1. The topological polar surface area (TPSA) is 58.3 Å². The van der Waals surface area contributed by atoms with Crippen molar-refractivity contribution in [2.45, 2.75) is 44.2 Å². The summed E-state index contributed by atoms with van der Waals surface area (Å²) in [6, 6.07) is 4.67. The van der Waals surface area contributed by atoms with Gasteiger partial charge in [0.1, 0.15) is 17.9 Å². The molecule has 3 heterocycles. The number of hydrogen-bond donors (Lipinski definition) is 0. The van der Waals surface area contributed by atoms with Crippen LogP contribution in [0.4, 0.5) is 5.82 Å². The molecule has 4 rings (SSSR count). The SMILES string of the molecule is CN(c1ccncn1)C1CCN(Cc2cc(C3CC3)on2)CC1. The van der Waals surface area contributed by atoms with Gasteiger partial charge in [-0.05, 0) is 31.7 Å². The fraction of sp³-hybridized carbons (Fsp3) is 0.588. The molecule has 6 nitrogen and oxygen atoms in total. The van der Waals surface area contributed by atoms with Crippen molar-refractivity contribution in [3.8, 4) is 0 Å². The van der Waals surface area contributed by atoms with Gasteiger partial charge in [0.15, 0.2) is 0 Å². The summed E-state index contributed by atoms with van der Waals surface area (Å²) < 4.78 is 5.45. The van der Waals surface area contributed by atoms with Gasteiger partial charge >= 0.3 is 0 Å². The number of nitrogens with zero attached hydrogens (tertiary/aromatic N) is 5. The molecule has 0 aromatic carbocycles. The van der Waals surface area contributed by atoms with Crippen LogP contribution in [0.25, 0.3) is 0 Å². The Labute approximate surface area is 136 Å². The molecule has 122 valence electrons. The fourth-order valence-corrected chi connectivity index (χ4v) is 3.34. The van der Waals surface area contributed by atoms with E-state index in [0.717, 1.165) is 49.7 Å². The maximum absolute atomic E-state index is 5.45. The van der Waals surface area contributed by atoms with Gasteiger partial charge in [-0.25, -0.2) is 9.97 Å². The van der Waals surface area contributed by atoms with E-state index in [2.05, 4.69) is 38.0 Å². The normalized spacial score (nSPS) is 19.9. The lowest BCUT2D eigenvalue weighted by atomic mass is 10.0. The minimum absolute atomic E-state index is 0.542. The van der Waals surface area contributed by atoms with Crippen molar-refractivity contribution in [2.75, 3.05) is 25.0 Å². The van der Waals surface area contributed by atoms with Crippen LogP contribution in [0.15, 0.2) is 29.2 Å². The second-order valence-corrected chi connectivity index (χ2v) is 6.68. The molecule has 0 N–H and O–H groups in total. The van der Waals surface area contributed by atoms with Crippen molar-refractivity contribution in [3.63, 3.8) is 0 Å². The summed E-state index contributed by atoms with van der Waals surface area (Å²) in [5.41, 5.74) is 1.08. The van der Waals surface area contributed by atoms with E-state index in [9.17, 15) is 0 Å². The lowest BCUT2D eigenvalue weighted by Gasteiger charge is -2.36. The minimum atomic E-state index is 0.542. The molecular formula is C17H23N5O. The van der Waals surface area contributed by atoms with Gasteiger partial charge in [0, 0.05) is 50.9 Å². The van der Waals surface area contributed by atoms with Gasteiger partial charge in [-0.2, -0.15) is 0 Å². The minimum Gasteiger partial charge on any atom is -0.361 e. The van der Waals surface area contributed by atoms with Gasteiger partial charge in [-0.15, -0.1) is 0 Å². The first kappa shape index (κ1) is 14.6. The molecule has 0 amide bonds. The van der Waals surface area contributed by atoms with E-state index in [0.29, 0.717) is 12.0 Å². The first-order chi connectivity index (χ1) is 11.3. The van der Waals surface area contributed by atoms with Crippen LogP contribution in [-0.4, -0.2) is 46.2 Å². The Hall–Kier alpha value is -1.95. The highest BCUT2D eigenvalue weighted by atomic mass is 16.5. The average molecular weight is 313 g/mol. The van der Waals surface area contributed by atoms with Crippen LogP contribution in [0, 0.1) is 0 Å². The largest absolute Gasteiger partial charge is 0.361 e. The molecule has 0 unspecified atom stereocenters. The Morgan fingerprint density at radius 2 is 2.09 bits per heavy atom. The highest BCUT2D eigenvalue weighted by Crippen LogP contribution is 2.40. The van der Waals surface area contributed by atoms with Gasteiger partial charge in [-0.3, -0.25) is 4.90 Å². The fourth-order valence-electron chi connectivity index (χ4n) is 3.34. The molecule has 6 heteroatoms. The Morgan fingerprint density at radius 1 is 1.26 bits per heavy atom. The average Bonchev–Trinajstić information content (AvgIpc) is 3.36. The van der Waals surface area contributed by atoms with E-state index >= 15 is 0 Å². The van der Waals surface area contributed by atoms with Crippen molar-refractivity contribution < 1.29 is 4.52 Å². The first-order valence-corrected chi connectivity index (χ1v) is 8.46. The molecule has 2 fully saturated rings. The Morgan fingerprint density at radius 3 is 2.78 bits per heavy atom. The van der Waals surface area contributed by atoms with Crippen molar-refractivity contribution in [3.05, 3.63) is 36.1 Å². The second kappa shape index (κ2) is 6.28. The zero-order valence-corrected chi connectivity index (χ0v) is 13.6. The Kier molecular flexibility index (Phi) is 3.99. The molecular weight excluding hydrogens is 290 g/mol. The number of anilines is 1. The van der Waals surface area contributed by atoms with E-state index in [-0.39, 0.29) is 0 Å². The molecule has 1 saturated carbocycles. The quantitative estimate of drug-likeness (QED) is 0.845. The summed E-state index contributed by atoms with van der Waals surface area (Å²) >= 11 is 0. The number of likely N-dealkylation sites (tertiary alicyclic amines) is 1.